The minimum absolute atomic E-state index is 0.0445. The summed E-state index contributed by atoms with van der Waals surface area (Å²) in [7, 11) is 0. The van der Waals surface area contributed by atoms with E-state index in [1.165, 1.54) is 24.8 Å². The van der Waals surface area contributed by atoms with Crippen LogP contribution < -0.4 is 0 Å². The number of rotatable bonds is 5. The first-order valence-corrected chi connectivity index (χ1v) is 6.06. The van der Waals surface area contributed by atoms with E-state index in [1.54, 1.807) is 18.2 Å². The highest BCUT2D eigenvalue weighted by molar-refractivity contribution is 8.00. The van der Waals surface area contributed by atoms with E-state index in [9.17, 15) is 9.18 Å². The second kappa shape index (κ2) is 6.48. The molecule has 0 amide bonds. The summed E-state index contributed by atoms with van der Waals surface area (Å²) >= 11 is 1.48. The summed E-state index contributed by atoms with van der Waals surface area (Å²) in [6.45, 7) is 3.53. The molecule has 0 aliphatic carbocycles. The summed E-state index contributed by atoms with van der Waals surface area (Å²) in [5.41, 5.74) is 0. The van der Waals surface area contributed by atoms with Gasteiger partial charge in [-0.15, -0.1) is 11.8 Å². The highest BCUT2D eigenvalue weighted by atomic mass is 32.2. The van der Waals surface area contributed by atoms with Crippen LogP contribution in [0.5, 0.6) is 0 Å². The van der Waals surface area contributed by atoms with Crippen LogP contribution in [0.1, 0.15) is 20.3 Å². The van der Waals surface area contributed by atoms with E-state index in [1.807, 2.05) is 19.1 Å². The van der Waals surface area contributed by atoms with Crippen molar-refractivity contribution in [1.29, 1.82) is 0 Å². The van der Waals surface area contributed by atoms with Crippen LogP contribution in [-0.2, 0) is 4.79 Å². The predicted molar refractivity (Wildman–Crippen MR) is 66.2 cm³/mol. The highest BCUT2D eigenvalue weighted by Gasteiger charge is 2.06. The first kappa shape index (κ1) is 13.0. The molecular weight excluding hydrogens is 223 g/mol. The first-order valence-electron chi connectivity index (χ1n) is 5.18. The summed E-state index contributed by atoms with van der Waals surface area (Å²) in [5, 5.41) is 0.257. The molecule has 0 heterocycles. The number of hydrogen-bond acceptors (Lipinski definition) is 2. The Morgan fingerprint density at radius 2 is 2.19 bits per heavy atom. The molecule has 0 aliphatic rings. The minimum Gasteiger partial charge on any atom is -0.295 e. The lowest BCUT2D eigenvalue weighted by molar-refractivity contribution is -0.112. The summed E-state index contributed by atoms with van der Waals surface area (Å²) in [5.74, 6) is -0.141. The van der Waals surface area contributed by atoms with E-state index < -0.39 is 0 Å². The molecule has 1 aromatic rings. The number of carbonyl (C=O) groups excluding carboxylic acids is 1. The lowest BCUT2D eigenvalue weighted by Crippen LogP contribution is -1.95. The summed E-state index contributed by atoms with van der Waals surface area (Å²) in [6.07, 6.45) is 4.15. The smallest absolute Gasteiger partial charge is 0.152 e. The molecular formula is C13H15FOS. The Morgan fingerprint density at radius 1 is 1.50 bits per heavy atom. The van der Waals surface area contributed by atoms with E-state index in [-0.39, 0.29) is 16.9 Å². The number of allylic oxidation sites excluding steroid dienone is 2. The van der Waals surface area contributed by atoms with Gasteiger partial charge in [0.25, 0.3) is 0 Å². The van der Waals surface area contributed by atoms with Gasteiger partial charge in [0, 0.05) is 10.1 Å². The van der Waals surface area contributed by atoms with Gasteiger partial charge in [0.15, 0.2) is 5.78 Å². The molecule has 1 atom stereocenters. The molecule has 16 heavy (non-hydrogen) atoms. The van der Waals surface area contributed by atoms with Crippen molar-refractivity contribution in [2.45, 2.75) is 30.4 Å². The molecule has 0 N–H and O–H groups in total. The van der Waals surface area contributed by atoms with Crippen LogP contribution in [0.15, 0.2) is 41.3 Å². The molecule has 0 bridgehead atoms. The van der Waals surface area contributed by atoms with Crippen molar-refractivity contribution in [3.8, 4) is 0 Å². The molecule has 1 unspecified atom stereocenters. The van der Waals surface area contributed by atoms with Gasteiger partial charge in [-0.2, -0.15) is 0 Å². The number of hydrogen-bond donors (Lipinski definition) is 0. The summed E-state index contributed by atoms with van der Waals surface area (Å²) in [6, 6.07) is 6.73. The van der Waals surface area contributed by atoms with Crippen molar-refractivity contribution in [3.05, 3.63) is 42.2 Å². The Labute approximate surface area is 99.7 Å². The monoisotopic (exact) mass is 238 g/mol. The second-order valence-corrected chi connectivity index (χ2v) is 5.09. The quantitative estimate of drug-likeness (QED) is 0.572. The fraction of sp³-hybridized carbons (Fsp3) is 0.308. The average molecular weight is 238 g/mol. The number of benzene rings is 1. The van der Waals surface area contributed by atoms with Crippen LogP contribution in [0.2, 0.25) is 0 Å². The fourth-order valence-electron chi connectivity index (χ4n) is 1.23. The molecule has 0 spiro atoms. The van der Waals surface area contributed by atoms with Crippen LogP contribution in [0.25, 0.3) is 0 Å². The van der Waals surface area contributed by atoms with Gasteiger partial charge in [0.05, 0.1) is 0 Å². The maximum atomic E-state index is 13.3. The second-order valence-electron chi connectivity index (χ2n) is 3.61. The predicted octanol–water partition coefficient (Wildman–Crippen LogP) is 3.84. The van der Waals surface area contributed by atoms with Crippen LogP contribution in [0.4, 0.5) is 4.39 Å². The molecule has 1 aromatic carbocycles. The molecule has 1 rings (SSSR count). The maximum absolute atomic E-state index is 13.3. The van der Waals surface area contributed by atoms with E-state index in [2.05, 4.69) is 0 Å². The largest absolute Gasteiger partial charge is 0.295 e. The molecule has 0 fully saturated rings. The zero-order valence-corrected chi connectivity index (χ0v) is 10.3. The summed E-state index contributed by atoms with van der Waals surface area (Å²) in [4.78, 5) is 11.3. The van der Waals surface area contributed by atoms with Gasteiger partial charge in [-0.05, 0) is 31.6 Å². The van der Waals surface area contributed by atoms with Gasteiger partial charge in [0.2, 0.25) is 0 Å². The first-order chi connectivity index (χ1) is 7.59. The van der Waals surface area contributed by atoms with Crippen molar-refractivity contribution in [2.24, 2.45) is 0 Å². The van der Waals surface area contributed by atoms with Crippen LogP contribution in [-0.4, -0.2) is 11.0 Å². The van der Waals surface area contributed by atoms with Gasteiger partial charge in [-0.25, -0.2) is 4.39 Å². The zero-order valence-electron chi connectivity index (χ0n) is 9.44. The maximum Gasteiger partial charge on any atom is 0.152 e. The van der Waals surface area contributed by atoms with Crippen molar-refractivity contribution in [2.75, 3.05) is 0 Å². The Bertz CT molecular complexity index is 387. The number of thioether (sulfide) groups is 1. The van der Waals surface area contributed by atoms with Crippen molar-refractivity contribution in [1.82, 2.24) is 0 Å². The average Bonchev–Trinajstić information content (AvgIpc) is 2.21. The van der Waals surface area contributed by atoms with Gasteiger partial charge in [0.1, 0.15) is 5.82 Å². The Balaban J connectivity index is 2.49. The normalized spacial score (nSPS) is 12.9. The van der Waals surface area contributed by atoms with Gasteiger partial charge in [-0.1, -0.05) is 25.1 Å². The highest BCUT2D eigenvalue weighted by Crippen LogP contribution is 2.27. The standard InChI is InChI=1S/C13H15FOS/c1-10(15)6-5-7-11(2)16-13-9-4-3-8-12(13)14/h3-6,8-9,11H,7H2,1-2H3/b6-5+. The Kier molecular flexibility index (Phi) is 5.26. The minimum atomic E-state index is -0.185. The topological polar surface area (TPSA) is 17.1 Å². The molecule has 86 valence electrons. The Morgan fingerprint density at radius 3 is 2.81 bits per heavy atom. The zero-order chi connectivity index (χ0) is 12.0. The van der Waals surface area contributed by atoms with Crippen LogP contribution in [0, 0.1) is 5.82 Å². The SMILES string of the molecule is CC(=O)/C=C/CC(C)Sc1ccccc1F. The van der Waals surface area contributed by atoms with Crippen LogP contribution >= 0.6 is 11.8 Å². The Hall–Kier alpha value is -1.09. The van der Waals surface area contributed by atoms with Crippen LogP contribution in [0.3, 0.4) is 0 Å². The molecule has 0 saturated heterocycles. The molecule has 0 aliphatic heterocycles. The lowest BCUT2D eigenvalue weighted by Gasteiger charge is -2.08. The van der Waals surface area contributed by atoms with Gasteiger partial charge < -0.3 is 0 Å². The van der Waals surface area contributed by atoms with Crippen molar-refractivity contribution < 1.29 is 9.18 Å². The molecule has 0 saturated carbocycles. The van der Waals surface area contributed by atoms with E-state index in [0.29, 0.717) is 4.90 Å². The number of carbonyl (C=O) groups is 1. The van der Waals surface area contributed by atoms with Gasteiger partial charge in [-0.3, -0.25) is 4.79 Å². The molecule has 0 aromatic heterocycles. The van der Waals surface area contributed by atoms with E-state index in [4.69, 9.17) is 0 Å². The molecule has 1 nitrogen and oxygen atoms in total. The molecule has 3 heteroatoms. The third-order valence-electron chi connectivity index (χ3n) is 1.99. The number of halogens is 1. The van der Waals surface area contributed by atoms with E-state index in [0.717, 1.165) is 6.42 Å². The van der Waals surface area contributed by atoms with Crippen molar-refractivity contribution >= 4 is 17.5 Å². The third kappa shape index (κ3) is 4.62. The van der Waals surface area contributed by atoms with Gasteiger partial charge >= 0.3 is 0 Å². The number of ketones is 1. The fourth-order valence-corrected chi connectivity index (χ4v) is 2.21. The molecule has 0 radical (unpaired) electrons. The van der Waals surface area contributed by atoms with E-state index >= 15 is 0 Å². The lowest BCUT2D eigenvalue weighted by atomic mass is 10.3. The summed E-state index contributed by atoms with van der Waals surface area (Å²) < 4.78 is 13.3. The third-order valence-corrected chi connectivity index (χ3v) is 3.17. The van der Waals surface area contributed by atoms with Crippen molar-refractivity contribution in [3.63, 3.8) is 0 Å².